The van der Waals surface area contributed by atoms with E-state index < -0.39 is 11.9 Å². The zero-order valence-corrected chi connectivity index (χ0v) is 6.79. The largest absolute Gasteiger partial charge is 0.392 e. The summed E-state index contributed by atoms with van der Waals surface area (Å²) in [6, 6.07) is 0. The zero-order chi connectivity index (χ0) is 8.85. The summed E-state index contributed by atoms with van der Waals surface area (Å²) < 4.78 is 4.31. The Hall–Kier alpha value is -0.900. The molecule has 0 fully saturated rings. The summed E-state index contributed by atoms with van der Waals surface area (Å²) in [5, 5.41) is 0. The minimum absolute atomic E-state index is 0.202. The number of carbonyl (C=O) groups excluding carboxylic acids is 2. The number of ether oxygens (including phenoxy) is 1. The van der Waals surface area contributed by atoms with Crippen molar-refractivity contribution in [2.75, 3.05) is 6.54 Å². The topological polar surface area (TPSA) is 69.4 Å². The fourth-order valence-corrected chi connectivity index (χ4v) is 0.544. The molecule has 4 heteroatoms. The second-order valence-corrected chi connectivity index (χ2v) is 2.65. The number of hydrogen-bond acceptors (Lipinski definition) is 4. The van der Waals surface area contributed by atoms with Crippen LogP contribution in [0.25, 0.3) is 0 Å². The molecule has 0 aliphatic heterocycles. The highest BCUT2D eigenvalue weighted by molar-refractivity contribution is 5.86. The molecule has 0 aromatic heterocycles. The summed E-state index contributed by atoms with van der Waals surface area (Å²) in [5.74, 6) is -0.973. The van der Waals surface area contributed by atoms with Gasteiger partial charge in [0.05, 0.1) is 6.54 Å². The fraction of sp³-hybridized carbons (Fsp3) is 0.714. The van der Waals surface area contributed by atoms with Crippen molar-refractivity contribution in [2.45, 2.75) is 20.3 Å². The summed E-state index contributed by atoms with van der Waals surface area (Å²) in [6.07, 6.45) is 0.256. The highest BCUT2D eigenvalue weighted by Crippen LogP contribution is 2.00. The summed E-state index contributed by atoms with van der Waals surface area (Å²) in [4.78, 5) is 21.2. The molecule has 0 spiro atoms. The predicted molar refractivity (Wildman–Crippen MR) is 39.6 cm³/mol. The molecule has 2 N–H and O–H groups in total. The van der Waals surface area contributed by atoms with Gasteiger partial charge in [-0.1, -0.05) is 13.8 Å². The van der Waals surface area contributed by atoms with Crippen LogP contribution in [-0.4, -0.2) is 18.5 Å². The second-order valence-electron chi connectivity index (χ2n) is 2.65. The van der Waals surface area contributed by atoms with Crippen LogP contribution >= 0.6 is 0 Å². The van der Waals surface area contributed by atoms with E-state index in [4.69, 9.17) is 5.73 Å². The summed E-state index contributed by atoms with van der Waals surface area (Å²) in [6.45, 7) is 3.49. The lowest BCUT2D eigenvalue weighted by Gasteiger charge is -2.02. The maximum absolute atomic E-state index is 10.7. The number of esters is 2. The first-order valence-corrected chi connectivity index (χ1v) is 3.49. The molecule has 0 rings (SSSR count). The van der Waals surface area contributed by atoms with E-state index in [9.17, 15) is 9.59 Å². The molecule has 0 atom stereocenters. The summed E-state index contributed by atoms with van der Waals surface area (Å²) >= 11 is 0. The molecular formula is C7H13NO3. The lowest BCUT2D eigenvalue weighted by Crippen LogP contribution is -2.21. The number of nitrogens with two attached hydrogens (primary N) is 1. The Labute approximate surface area is 65.7 Å². The molecule has 0 amide bonds. The first kappa shape index (κ1) is 10.1. The van der Waals surface area contributed by atoms with Gasteiger partial charge in [-0.15, -0.1) is 0 Å². The highest BCUT2D eigenvalue weighted by atomic mass is 16.6. The van der Waals surface area contributed by atoms with Crippen LogP contribution < -0.4 is 5.73 Å². The van der Waals surface area contributed by atoms with Crippen LogP contribution in [0.2, 0.25) is 0 Å². The van der Waals surface area contributed by atoms with Crippen LogP contribution in [0.1, 0.15) is 20.3 Å². The monoisotopic (exact) mass is 159 g/mol. The second kappa shape index (κ2) is 4.85. The predicted octanol–water partition coefficient (Wildman–Crippen LogP) is 0.0610. The van der Waals surface area contributed by atoms with E-state index in [2.05, 4.69) is 4.74 Å². The molecule has 0 aromatic rings. The van der Waals surface area contributed by atoms with E-state index in [1.54, 1.807) is 0 Å². The third-order valence-corrected chi connectivity index (χ3v) is 0.969. The third kappa shape index (κ3) is 5.54. The van der Waals surface area contributed by atoms with Gasteiger partial charge >= 0.3 is 11.9 Å². The van der Waals surface area contributed by atoms with E-state index in [1.165, 1.54) is 0 Å². The molecule has 0 aromatic carbocycles. The minimum atomic E-state index is -0.671. The lowest BCUT2D eigenvalue weighted by atomic mass is 10.1. The van der Waals surface area contributed by atoms with Gasteiger partial charge < -0.3 is 10.5 Å². The Kier molecular flexibility index (Phi) is 4.45. The number of hydrogen-bond donors (Lipinski definition) is 1. The van der Waals surface area contributed by atoms with Crippen LogP contribution in [-0.2, 0) is 14.3 Å². The molecule has 0 saturated heterocycles. The first-order chi connectivity index (χ1) is 5.06. The van der Waals surface area contributed by atoms with Gasteiger partial charge in [0, 0.05) is 6.42 Å². The highest BCUT2D eigenvalue weighted by Gasteiger charge is 2.09. The molecule has 0 aliphatic carbocycles. The van der Waals surface area contributed by atoms with Crippen molar-refractivity contribution in [3.8, 4) is 0 Å². The third-order valence-electron chi connectivity index (χ3n) is 0.969. The van der Waals surface area contributed by atoms with Gasteiger partial charge in [0.2, 0.25) is 0 Å². The van der Waals surface area contributed by atoms with Gasteiger partial charge in [0.1, 0.15) is 0 Å². The lowest BCUT2D eigenvalue weighted by molar-refractivity contribution is -0.159. The zero-order valence-electron chi connectivity index (χ0n) is 6.79. The van der Waals surface area contributed by atoms with Crippen LogP contribution in [0.3, 0.4) is 0 Å². The van der Waals surface area contributed by atoms with Crippen molar-refractivity contribution in [1.82, 2.24) is 0 Å². The standard InChI is InChI=1S/C7H13NO3/c1-5(2)3-6(9)11-7(10)4-8/h5H,3-4,8H2,1-2H3. The van der Waals surface area contributed by atoms with Crippen molar-refractivity contribution in [2.24, 2.45) is 11.7 Å². The van der Waals surface area contributed by atoms with Crippen LogP contribution in [0.4, 0.5) is 0 Å². The van der Waals surface area contributed by atoms with E-state index in [-0.39, 0.29) is 18.9 Å². The summed E-state index contributed by atoms with van der Waals surface area (Å²) in [7, 11) is 0. The molecule has 64 valence electrons. The van der Waals surface area contributed by atoms with Crippen molar-refractivity contribution in [1.29, 1.82) is 0 Å². The normalized spacial score (nSPS) is 9.82. The maximum Gasteiger partial charge on any atom is 0.327 e. The number of rotatable bonds is 3. The molecule has 11 heavy (non-hydrogen) atoms. The van der Waals surface area contributed by atoms with Gasteiger partial charge in [-0.3, -0.25) is 9.59 Å². The molecule has 0 radical (unpaired) electrons. The molecule has 4 nitrogen and oxygen atoms in total. The van der Waals surface area contributed by atoms with Gasteiger partial charge in [-0.25, -0.2) is 0 Å². The van der Waals surface area contributed by atoms with Crippen molar-refractivity contribution < 1.29 is 14.3 Å². The van der Waals surface area contributed by atoms with Crippen molar-refractivity contribution >= 4 is 11.9 Å². The van der Waals surface area contributed by atoms with Crippen molar-refractivity contribution in [3.05, 3.63) is 0 Å². The Morgan fingerprint density at radius 3 is 2.27 bits per heavy atom. The first-order valence-electron chi connectivity index (χ1n) is 3.49. The average Bonchev–Trinajstić information content (AvgIpc) is 1.85. The fourth-order valence-electron chi connectivity index (χ4n) is 0.544. The van der Waals surface area contributed by atoms with Crippen LogP contribution in [0.15, 0.2) is 0 Å². The Morgan fingerprint density at radius 2 is 1.91 bits per heavy atom. The van der Waals surface area contributed by atoms with Crippen LogP contribution in [0, 0.1) is 5.92 Å². The SMILES string of the molecule is CC(C)CC(=O)OC(=O)CN. The molecule has 0 saturated carbocycles. The van der Waals surface area contributed by atoms with E-state index >= 15 is 0 Å². The van der Waals surface area contributed by atoms with Crippen molar-refractivity contribution in [3.63, 3.8) is 0 Å². The van der Waals surface area contributed by atoms with Gasteiger partial charge in [0.15, 0.2) is 0 Å². The van der Waals surface area contributed by atoms with Gasteiger partial charge in [0.25, 0.3) is 0 Å². The smallest absolute Gasteiger partial charge is 0.327 e. The molecule has 0 unspecified atom stereocenters. The maximum atomic E-state index is 10.7. The van der Waals surface area contributed by atoms with Gasteiger partial charge in [-0.05, 0) is 5.92 Å². The van der Waals surface area contributed by atoms with Gasteiger partial charge in [-0.2, -0.15) is 0 Å². The Morgan fingerprint density at radius 1 is 1.36 bits per heavy atom. The quantitative estimate of drug-likeness (QED) is 0.467. The molecule has 0 aliphatic rings. The Balaban J connectivity index is 3.61. The molecule has 0 bridgehead atoms. The Bertz CT molecular complexity index is 154. The minimum Gasteiger partial charge on any atom is -0.392 e. The average molecular weight is 159 g/mol. The number of carbonyl (C=O) groups is 2. The molecular weight excluding hydrogens is 146 g/mol. The van der Waals surface area contributed by atoms with E-state index in [0.29, 0.717) is 0 Å². The van der Waals surface area contributed by atoms with E-state index in [1.807, 2.05) is 13.8 Å². The van der Waals surface area contributed by atoms with Crippen LogP contribution in [0.5, 0.6) is 0 Å². The molecule has 0 heterocycles. The van der Waals surface area contributed by atoms with E-state index in [0.717, 1.165) is 0 Å². The summed E-state index contributed by atoms with van der Waals surface area (Å²) in [5.41, 5.74) is 4.92.